The first-order valence-electron chi connectivity index (χ1n) is 9.16. The van der Waals surface area contributed by atoms with Crippen LogP contribution in [0.25, 0.3) is 0 Å². The van der Waals surface area contributed by atoms with Crippen molar-refractivity contribution in [1.29, 1.82) is 5.26 Å². The molecular weight excluding hydrogens is 305 g/mol. The summed E-state index contributed by atoms with van der Waals surface area (Å²) in [6, 6.07) is 1.50. The smallest absolute Gasteiger partial charge is 0.223 e. The molecule has 1 aliphatic carbocycles. The van der Waals surface area contributed by atoms with Gasteiger partial charge in [-0.25, -0.2) is 4.39 Å². The molecule has 0 spiro atoms. The largest absolute Gasteiger partial charge is 0.324 e. The topological polar surface area (TPSA) is 47.3 Å². The molecule has 3 fully saturated rings. The summed E-state index contributed by atoms with van der Waals surface area (Å²) >= 11 is 0. The van der Waals surface area contributed by atoms with Crippen LogP contribution in [0.1, 0.15) is 52.9 Å². The van der Waals surface area contributed by atoms with Gasteiger partial charge in [0.15, 0.2) is 0 Å². The Kier molecular flexibility index (Phi) is 4.19. The van der Waals surface area contributed by atoms with Crippen LogP contribution in [0.4, 0.5) is 4.39 Å². The van der Waals surface area contributed by atoms with Crippen molar-refractivity contribution in [2.45, 2.75) is 65.1 Å². The van der Waals surface area contributed by atoms with Gasteiger partial charge in [-0.05, 0) is 42.6 Å². The normalized spacial score (nSPS) is 41.4. The zero-order valence-electron chi connectivity index (χ0n) is 15.4. The van der Waals surface area contributed by atoms with Crippen molar-refractivity contribution in [1.82, 2.24) is 9.80 Å². The van der Waals surface area contributed by atoms with Crippen molar-refractivity contribution in [3.8, 4) is 6.07 Å². The van der Waals surface area contributed by atoms with E-state index in [4.69, 9.17) is 5.26 Å². The molecule has 3 rings (SSSR count). The number of fused-ring (bicyclic) bond motifs is 2. The second kappa shape index (κ2) is 5.69. The third-order valence-electron chi connectivity index (χ3n) is 7.72. The first-order valence-corrected chi connectivity index (χ1v) is 9.16. The molecule has 0 aromatic carbocycles. The van der Waals surface area contributed by atoms with Crippen molar-refractivity contribution in [2.75, 3.05) is 26.7 Å². The fourth-order valence-corrected chi connectivity index (χ4v) is 5.69. The third-order valence-corrected chi connectivity index (χ3v) is 7.72. The molecule has 4 atom stereocenters. The Labute approximate surface area is 145 Å². The lowest BCUT2D eigenvalue weighted by Crippen LogP contribution is -2.57. The van der Waals surface area contributed by atoms with Crippen LogP contribution in [0.2, 0.25) is 0 Å². The van der Waals surface area contributed by atoms with Crippen molar-refractivity contribution in [3.05, 3.63) is 0 Å². The number of hydrogen-bond donors (Lipinski definition) is 0. The van der Waals surface area contributed by atoms with Crippen LogP contribution in [0, 0.1) is 27.6 Å². The summed E-state index contributed by atoms with van der Waals surface area (Å²) in [5.74, 6) is -0.0475. The van der Waals surface area contributed by atoms with Crippen LogP contribution in [-0.4, -0.2) is 54.6 Å². The predicted molar refractivity (Wildman–Crippen MR) is 90.9 cm³/mol. The third kappa shape index (κ3) is 2.45. The highest BCUT2D eigenvalue weighted by molar-refractivity contribution is 5.77. The average molecular weight is 335 g/mol. The summed E-state index contributed by atoms with van der Waals surface area (Å²) in [6.45, 7) is 9.33. The first-order chi connectivity index (χ1) is 11.1. The van der Waals surface area contributed by atoms with Crippen LogP contribution >= 0.6 is 0 Å². The molecule has 4 nitrogen and oxygen atoms in total. The number of nitrogens with zero attached hydrogens (tertiary/aromatic N) is 3. The Balaban J connectivity index is 1.72. The molecule has 1 saturated carbocycles. The number of alkyl halides is 1. The Morgan fingerprint density at radius 3 is 2.67 bits per heavy atom. The van der Waals surface area contributed by atoms with E-state index in [0.717, 1.165) is 25.9 Å². The summed E-state index contributed by atoms with van der Waals surface area (Å²) in [7, 11) is 2.18. The quantitative estimate of drug-likeness (QED) is 0.796. The summed E-state index contributed by atoms with van der Waals surface area (Å²) in [5, 5.41) is 9.16. The number of halogens is 1. The lowest BCUT2D eigenvalue weighted by molar-refractivity contribution is -0.134. The van der Waals surface area contributed by atoms with E-state index in [0.29, 0.717) is 6.42 Å². The zero-order chi connectivity index (χ0) is 17.8. The molecular formula is C19H30FN3O. The van der Waals surface area contributed by atoms with E-state index in [1.807, 2.05) is 0 Å². The van der Waals surface area contributed by atoms with Crippen LogP contribution in [0.5, 0.6) is 0 Å². The number of rotatable bonds is 3. The van der Waals surface area contributed by atoms with Gasteiger partial charge in [-0.15, -0.1) is 0 Å². The second-order valence-electron chi connectivity index (χ2n) is 9.16. The first kappa shape index (κ1) is 17.7. The molecule has 3 aliphatic rings. The number of nitriles is 1. The minimum Gasteiger partial charge on any atom is -0.324 e. The highest BCUT2D eigenvalue weighted by atomic mass is 19.1. The number of likely N-dealkylation sites (tertiary alicyclic amines) is 2. The molecule has 2 heterocycles. The van der Waals surface area contributed by atoms with E-state index >= 15 is 0 Å². The van der Waals surface area contributed by atoms with Crippen LogP contribution in [0.15, 0.2) is 0 Å². The number of carbonyl (C=O) groups excluding carboxylic acids is 1. The maximum atomic E-state index is 13.6. The maximum Gasteiger partial charge on any atom is 0.223 e. The lowest BCUT2D eigenvalue weighted by Gasteiger charge is -2.56. The summed E-state index contributed by atoms with van der Waals surface area (Å²) in [6.07, 6.45) is 2.74. The summed E-state index contributed by atoms with van der Waals surface area (Å²) < 4.78 is 13.6. The van der Waals surface area contributed by atoms with Gasteiger partial charge < -0.3 is 9.80 Å². The van der Waals surface area contributed by atoms with E-state index in [1.165, 1.54) is 11.3 Å². The van der Waals surface area contributed by atoms with Gasteiger partial charge in [-0.2, -0.15) is 5.26 Å². The fourth-order valence-electron chi connectivity index (χ4n) is 5.69. The minimum absolute atomic E-state index is 0.0475. The van der Waals surface area contributed by atoms with Crippen LogP contribution < -0.4 is 0 Å². The van der Waals surface area contributed by atoms with Gasteiger partial charge in [-0.1, -0.05) is 20.8 Å². The van der Waals surface area contributed by atoms with E-state index in [2.05, 4.69) is 38.8 Å². The number of hydrogen-bond acceptors (Lipinski definition) is 3. The number of carbonyl (C=O) groups is 1. The maximum absolute atomic E-state index is 13.6. The Bertz CT molecular complexity index is 571. The molecule has 0 N–H and O–H groups in total. The fraction of sp³-hybridized carbons (Fsp3) is 0.895. The van der Waals surface area contributed by atoms with Crippen molar-refractivity contribution in [2.24, 2.45) is 16.2 Å². The molecule has 0 radical (unpaired) electrons. The standard InChI is InChI=1S/C19H30FN3O/c1-17(2)18(3)7-8-19(17,13-22(4)12-18)6-5-16(24)23-11-14(20)9-15(23)10-21/h14-15H,5-9,11-13H2,1-4H3/t14-,15+,18+,19-/m1/s1. The Morgan fingerprint density at radius 2 is 2.00 bits per heavy atom. The molecule has 0 aromatic heterocycles. The van der Waals surface area contributed by atoms with Gasteiger partial charge in [0.2, 0.25) is 5.91 Å². The predicted octanol–water partition coefficient (Wildman–Crippen LogP) is 2.99. The molecule has 5 heteroatoms. The molecule has 2 aliphatic heterocycles. The molecule has 0 unspecified atom stereocenters. The SMILES string of the molecule is CN1C[C@]2(C)CC[C@](CCC(=O)N3C[C@H](F)C[C@H]3C#N)(C1)C2(C)C. The number of piperidine rings is 1. The van der Waals surface area contributed by atoms with E-state index in [1.54, 1.807) is 0 Å². The van der Waals surface area contributed by atoms with Gasteiger partial charge >= 0.3 is 0 Å². The number of amides is 1. The molecule has 134 valence electrons. The molecule has 2 bridgehead atoms. The Hall–Kier alpha value is -1.15. The molecule has 1 amide bonds. The van der Waals surface area contributed by atoms with Gasteiger partial charge in [0.05, 0.1) is 12.6 Å². The van der Waals surface area contributed by atoms with Crippen LogP contribution in [0.3, 0.4) is 0 Å². The van der Waals surface area contributed by atoms with E-state index in [9.17, 15) is 9.18 Å². The summed E-state index contributed by atoms with van der Waals surface area (Å²) in [5.41, 5.74) is 0.617. The molecule has 2 saturated heterocycles. The highest BCUT2D eigenvalue weighted by Gasteiger charge is 2.63. The monoisotopic (exact) mass is 335 g/mol. The lowest BCUT2D eigenvalue weighted by atomic mass is 9.55. The average Bonchev–Trinajstić information content (AvgIpc) is 2.90. The molecule has 0 aromatic rings. The minimum atomic E-state index is -1.05. The van der Waals surface area contributed by atoms with Crippen molar-refractivity contribution >= 4 is 5.91 Å². The Morgan fingerprint density at radius 1 is 1.29 bits per heavy atom. The molecule has 24 heavy (non-hydrogen) atoms. The second-order valence-corrected chi connectivity index (χ2v) is 9.16. The van der Waals surface area contributed by atoms with Crippen molar-refractivity contribution < 1.29 is 9.18 Å². The highest BCUT2D eigenvalue weighted by Crippen LogP contribution is 2.67. The zero-order valence-corrected chi connectivity index (χ0v) is 15.4. The van der Waals surface area contributed by atoms with Crippen molar-refractivity contribution in [3.63, 3.8) is 0 Å². The summed E-state index contributed by atoms with van der Waals surface area (Å²) in [4.78, 5) is 16.5. The van der Waals surface area contributed by atoms with Gasteiger partial charge in [0.25, 0.3) is 0 Å². The van der Waals surface area contributed by atoms with Gasteiger partial charge in [0.1, 0.15) is 12.2 Å². The van der Waals surface area contributed by atoms with E-state index < -0.39 is 12.2 Å². The van der Waals surface area contributed by atoms with Crippen LogP contribution in [-0.2, 0) is 4.79 Å². The van der Waals surface area contributed by atoms with E-state index in [-0.39, 0.29) is 35.1 Å². The van der Waals surface area contributed by atoms with Gasteiger partial charge in [0, 0.05) is 25.9 Å². The van der Waals surface area contributed by atoms with Gasteiger partial charge in [-0.3, -0.25) is 4.79 Å².